The second-order valence-electron chi connectivity index (χ2n) is 4.83. The Balaban J connectivity index is 2.30. The van der Waals surface area contributed by atoms with E-state index in [1.807, 2.05) is 19.1 Å². The van der Waals surface area contributed by atoms with Gasteiger partial charge in [-0.05, 0) is 43.5 Å². The first kappa shape index (κ1) is 10.5. The van der Waals surface area contributed by atoms with Crippen LogP contribution in [-0.2, 0) is 6.42 Å². The summed E-state index contributed by atoms with van der Waals surface area (Å²) >= 11 is 0. The van der Waals surface area contributed by atoms with E-state index >= 15 is 0 Å². The third-order valence-corrected chi connectivity index (χ3v) is 2.86. The Labute approximate surface area is 90.9 Å². The lowest BCUT2D eigenvalue weighted by molar-refractivity contribution is 0.138. The number of benzene rings is 1. The van der Waals surface area contributed by atoms with Crippen LogP contribution < -0.4 is 4.74 Å². The number of rotatable bonds is 2. The summed E-state index contributed by atoms with van der Waals surface area (Å²) in [6, 6.07) is 5.99. The van der Waals surface area contributed by atoms with Crippen LogP contribution in [0.1, 0.15) is 44.4 Å². The fraction of sp³-hybridized carbons (Fsp3) is 0.538. The van der Waals surface area contributed by atoms with Gasteiger partial charge in [-0.1, -0.05) is 13.0 Å². The first-order valence-corrected chi connectivity index (χ1v) is 5.52. The fourth-order valence-electron chi connectivity index (χ4n) is 2.07. The standard InChI is InChI=1S/C13H18O2/c1-4-11(14)9-5-6-12-10(7-9)8-13(2,3)15-12/h5-7,11,14H,4,8H2,1-3H3/t11-/m0/s1. The molecule has 0 radical (unpaired) electrons. The van der Waals surface area contributed by atoms with Gasteiger partial charge in [0.15, 0.2) is 0 Å². The number of hydrogen-bond acceptors (Lipinski definition) is 2. The average Bonchev–Trinajstić information content (AvgIpc) is 2.49. The Bertz CT molecular complexity index is 369. The molecule has 82 valence electrons. The monoisotopic (exact) mass is 206 g/mol. The molecule has 0 spiro atoms. The quantitative estimate of drug-likeness (QED) is 0.806. The first-order chi connectivity index (χ1) is 7.02. The van der Waals surface area contributed by atoms with Crippen molar-refractivity contribution >= 4 is 0 Å². The highest BCUT2D eigenvalue weighted by Gasteiger charge is 2.30. The summed E-state index contributed by atoms with van der Waals surface area (Å²) in [5.41, 5.74) is 2.11. The molecule has 1 aromatic carbocycles. The maximum atomic E-state index is 9.75. The molecule has 2 rings (SSSR count). The lowest BCUT2D eigenvalue weighted by Gasteiger charge is -2.16. The van der Waals surface area contributed by atoms with Crippen LogP contribution >= 0.6 is 0 Å². The molecule has 0 amide bonds. The van der Waals surface area contributed by atoms with E-state index < -0.39 is 0 Å². The molecule has 2 nitrogen and oxygen atoms in total. The molecule has 0 fully saturated rings. The minimum atomic E-state index is -0.348. The Morgan fingerprint density at radius 2 is 2.20 bits per heavy atom. The predicted octanol–water partition coefficient (Wildman–Crippen LogP) is 2.84. The highest BCUT2D eigenvalue weighted by atomic mass is 16.5. The van der Waals surface area contributed by atoms with E-state index in [0.29, 0.717) is 0 Å². The lowest BCUT2D eigenvalue weighted by atomic mass is 9.98. The van der Waals surface area contributed by atoms with Gasteiger partial charge in [-0.25, -0.2) is 0 Å². The van der Waals surface area contributed by atoms with Gasteiger partial charge >= 0.3 is 0 Å². The Hall–Kier alpha value is -1.02. The first-order valence-electron chi connectivity index (χ1n) is 5.52. The molecule has 1 aromatic rings. The van der Waals surface area contributed by atoms with Crippen molar-refractivity contribution in [3.63, 3.8) is 0 Å². The third kappa shape index (κ3) is 2.00. The van der Waals surface area contributed by atoms with Gasteiger partial charge < -0.3 is 9.84 Å². The number of aliphatic hydroxyl groups is 1. The van der Waals surface area contributed by atoms with Crippen LogP contribution in [0, 0.1) is 0 Å². The average molecular weight is 206 g/mol. The molecule has 0 bridgehead atoms. The minimum Gasteiger partial charge on any atom is -0.487 e. The summed E-state index contributed by atoms with van der Waals surface area (Å²) in [5.74, 6) is 0.965. The lowest BCUT2D eigenvalue weighted by Crippen LogP contribution is -2.24. The van der Waals surface area contributed by atoms with Crippen molar-refractivity contribution in [3.8, 4) is 5.75 Å². The van der Waals surface area contributed by atoms with Crippen molar-refractivity contribution in [1.82, 2.24) is 0 Å². The molecule has 1 atom stereocenters. The zero-order valence-corrected chi connectivity index (χ0v) is 9.58. The summed E-state index contributed by atoms with van der Waals surface area (Å²) in [6.45, 7) is 6.16. The van der Waals surface area contributed by atoms with Gasteiger partial charge in [-0.2, -0.15) is 0 Å². The number of fused-ring (bicyclic) bond motifs is 1. The molecule has 1 aliphatic heterocycles. The van der Waals surface area contributed by atoms with Crippen LogP contribution in [0.15, 0.2) is 18.2 Å². The molecule has 1 aliphatic rings. The highest BCUT2D eigenvalue weighted by molar-refractivity contribution is 5.42. The molecule has 0 saturated carbocycles. The van der Waals surface area contributed by atoms with Gasteiger partial charge in [0.25, 0.3) is 0 Å². The number of ether oxygens (including phenoxy) is 1. The van der Waals surface area contributed by atoms with Gasteiger partial charge in [0.2, 0.25) is 0 Å². The molecule has 15 heavy (non-hydrogen) atoms. The van der Waals surface area contributed by atoms with Crippen molar-refractivity contribution in [2.24, 2.45) is 0 Å². The molecule has 0 saturated heterocycles. The van der Waals surface area contributed by atoms with E-state index in [1.165, 1.54) is 5.56 Å². The summed E-state index contributed by atoms with van der Waals surface area (Å²) in [7, 11) is 0. The van der Waals surface area contributed by atoms with E-state index in [2.05, 4.69) is 19.9 Å². The maximum absolute atomic E-state index is 9.75. The molecule has 0 aromatic heterocycles. The fourth-order valence-corrected chi connectivity index (χ4v) is 2.07. The van der Waals surface area contributed by atoms with E-state index in [-0.39, 0.29) is 11.7 Å². The normalized spacial score (nSPS) is 19.5. The second kappa shape index (κ2) is 3.53. The molecule has 2 heteroatoms. The van der Waals surface area contributed by atoms with Crippen LogP contribution in [0.4, 0.5) is 0 Å². The second-order valence-corrected chi connectivity index (χ2v) is 4.83. The number of hydrogen-bond donors (Lipinski definition) is 1. The maximum Gasteiger partial charge on any atom is 0.123 e. The Morgan fingerprint density at radius 3 is 2.87 bits per heavy atom. The van der Waals surface area contributed by atoms with Gasteiger partial charge in [0.1, 0.15) is 11.4 Å². The minimum absolute atomic E-state index is 0.0991. The zero-order valence-electron chi connectivity index (χ0n) is 9.58. The topological polar surface area (TPSA) is 29.5 Å². The van der Waals surface area contributed by atoms with Crippen molar-refractivity contribution in [3.05, 3.63) is 29.3 Å². The molecule has 1 heterocycles. The molecule has 1 N–H and O–H groups in total. The van der Waals surface area contributed by atoms with E-state index in [0.717, 1.165) is 24.2 Å². The van der Waals surface area contributed by atoms with Crippen molar-refractivity contribution in [2.75, 3.05) is 0 Å². The summed E-state index contributed by atoms with van der Waals surface area (Å²) in [6.07, 6.45) is 1.33. The van der Waals surface area contributed by atoms with Gasteiger partial charge in [-0.3, -0.25) is 0 Å². The number of aliphatic hydroxyl groups excluding tert-OH is 1. The predicted molar refractivity (Wildman–Crippen MR) is 60.1 cm³/mol. The largest absolute Gasteiger partial charge is 0.487 e. The summed E-state index contributed by atoms with van der Waals surface area (Å²) in [5, 5.41) is 9.75. The molecular weight excluding hydrogens is 188 g/mol. The van der Waals surface area contributed by atoms with Crippen molar-refractivity contribution in [1.29, 1.82) is 0 Å². The van der Waals surface area contributed by atoms with Crippen molar-refractivity contribution < 1.29 is 9.84 Å². The van der Waals surface area contributed by atoms with Crippen molar-refractivity contribution in [2.45, 2.75) is 45.3 Å². The van der Waals surface area contributed by atoms with Crippen LogP contribution in [0.3, 0.4) is 0 Å². The van der Waals surface area contributed by atoms with Crippen LogP contribution in [0.25, 0.3) is 0 Å². The van der Waals surface area contributed by atoms with Gasteiger partial charge in [-0.15, -0.1) is 0 Å². The van der Waals surface area contributed by atoms with E-state index in [9.17, 15) is 5.11 Å². The summed E-state index contributed by atoms with van der Waals surface area (Å²) in [4.78, 5) is 0. The Morgan fingerprint density at radius 1 is 1.47 bits per heavy atom. The highest BCUT2D eigenvalue weighted by Crippen LogP contribution is 2.36. The van der Waals surface area contributed by atoms with Crippen LogP contribution in [0.5, 0.6) is 5.75 Å². The van der Waals surface area contributed by atoms with Gasteiger partial charge in [0.05, 0.1) is 6.10 Å². The van der Waals surface area contributed by atoms with E-state index in [1.54, 1.807) is 0 Å². The smallest absolute Gasteiger partial charge is 0.123 e. The van der Waals surface area contributed by atoms with E-state index in [4.69, 9.17) is 4.74 Å². The van der Waals surface area contributed by atoms with Crippen LogP contribution in [0.2, 0.25) is 0 Å². The SMILES string of the molecule is CC[C@H](O)c1ccc2c(c1)CC(C)(C)O2. The molecule has 0 aliphatic carbocycles. The van der Waals surface area contributed by atoms with Gasteiger partial charge in [0, 0.05) is 6.42 Å². The van der Waals surface area contributed by atoms with Crippen LogP contribution in [-0.4, -0.2) is 10.7 Å². The Kier molecular flexibility index (Phi) is 2.47. The molecular formula is C13H18O2. The zero-order chi connectivity index (χ0) is 11.1. The third-order valence-electron chi connectivity index (χ3n) is 2.86. The summed E-state index contributed by atoms with van der Waals surface area (Å²) < 4.78 is 5.78. The molecule has 0 unspecified atom stereocenters.